The van der Waals surface area contributed by atoms with E-state index in [1.807, 2.05) is 31.2 Å². The number of carbonyl (C=O) groups excluding carboxylic acids is 1. The molecule has 1 aromatic carbocycles. The molecule has 3 heteroatoms. The van der Waals surface area contributed by atoms with Gasteiger partial charge in [-0.25, -0.2) is 0 Å². The fourth-order valence-corrected chi connectivity index (χ4v) is 1.58. The van der Waals surface area contributed by atoms with Crippen LogP contribution in [0.4, 0.5) is 5.69 Å². The SMILES string of the molecule is C#CCN(CC)C(=O)CCc1ccc(N)cc1. The van der Waals surface area contributed by atoms with Crippen molar-refractivity contribution in [2.24, 2.45) is 0 Å². The highest BCUT2D eigenvalue weighted by Crippen LogP contribution is 2.08. The van der Waals surface area contributed by atoms with Crippen molar-refractivity contribution in [3.63, 3.8) is 0 Å². The average Bonchev–Trinajstić information content (AvgIpc) is 2.35. The Balaban J connectivity index is 2.47. The summed E-state index contributed by atoms with van der Waals surface area (Å²) >= 11 is 0. The highest BCUT2D eigenvalue weighted by Gasteiger charge is 2.09. The molecule has 1 rings (SSSR count). The number of nitrogens with two attached hydrogens (primary N) is 1. The van der Waals surface area contributed by atoms with Gasteiger partial charge in [0, 0.05) is 18.7 Å². The number of anilines is 1. The van der Waals surface area contributed by atoms with Crippen LogP contribution in [0.25, 0.3) is 0 Å². The molecule has 90 valence electrons. The molecule has 0 saturated heterocycles. The molecule has 1 aromatic rings. The van der Waals surface area contributed by atoms with E-state index in [0.29, 0.717) is 19.5 Å². The van der Waals surface area contributed by atoms with E-state index in [1.54, 1.807) is 4.90 Å². The maximum atomic E-state index is 11.8. The Bertz CT molecular complexity index is 403. The molecule has 0 radical (unpaired) electrons. The third kappa shape index (κ3) is 4.20. The second-order valence-electron chi connectivity index (χ2n) is 3.85. The van der Waals surface area contributed by atoms with E-state index in [9.17, 15) is 4.79 Å². The Morgan fingerprint density at radius 2 is 2.06 bits per heavy atom. The van der Waals surface area contributed by atoms with Crippen LogP contribution < -0.4 is 5.73 Å². The molecule has 0 atom stereocenters. The van der Waals surface area contributed by atoms with Gasteiger partial charge in [-0.2, -0.15) is 0 Å². The Hall–Kier alpha value is -1.95. The lowest BCUT2D eigenvalue weighted by atomic mass is 10.1. The largest absolute Gasteiger partial charge is 0.399 e. The number of nitrogens with zero attached hydrogens (tertiary/aromatic N) is 1. The molecule has 0 aliphatic carbocycles. The maximum absolute atomic E-state index is 11.8. The summed E-state index contributed by atoms with van der Waals surface area (Å²) in [6, 6.07) is 7.58. The van der Waals surface area contributed by atoms with Gasteiger partial charge in [-0.05, 0) is 31.0 Å². The van der Waals surface area contributed by atoms with E-state index in [1.165, 1.54) is 0 Å². The second-order valence-corrected chi connectivity index (χ2v) is 3.85. The number of carbonyl (C=O) groups is 1. The Labute approximate surface area is 103 Å². The molecule has 0 bridgehead atoms. The molecule has 0 aliphatic rings. The number of rotatable bonds is 5. The molecule has 1 amide bonds. The van der Waals surface area contributed by atoms with E-state index >= 15 is 0 Å². The fourth-order valence-electron chi connectivity index (χ4n) is 1.58. The first-order chi connectivity index (χ1) is 8.17. The molecular weight excluding hydrogens is 212 g/mol. The zero-order valence-corrected chi connectivity index (χ0v) is 10.1. The summed E-state index contributed by atoms with van der Waals surface area (Å²) in [5.74, 6) is 2.59. The van der Waals surface area contributed by atoms with E-state index < -0.39 is 0 Å². The summed E-state index contributed by atoms with van der Waals surface area (Å²) in [7, 11) is 0. The van der Waals surface area contributed by atoms with Crippen LogP contribution in [-0.4, -0.2) is 23.9 Å². The fraction of sp³-hybridized carbons (Fsp3) is 0.357. The van der Waals surface area contributed by atoms with E-state index in [4.69, 9.17) is 12.2 Å². The lowest BCUT2D eigenvalue weighted by molar-refractivity contribution is -0.130. The molecule has 3 nitrogen and oxygen atoms in total. The minimum atomic E-state index is 0.0993. The van der Waals surface area contributed by atoms with Crippen molar-refractivity contribution in [1.82, 2.24) is 4.90 Å². The molecule has 0 aromatic heterocycles. The summed E-state index contributed by atoms with van der Waals surface area (Å²) in [6.07, 6.45) is 6.42. The third-order valence-electron chi connectivity index (χ3n) is 2.62. The quantitative estimate of drug-likeness (QED) is 0.618. The van der Waals surface area contributed by atoms with Crippen LogP contribution in [0.15, 0.2) is 24.3 Å². The van der Waals surface area contributed by atoms with Gasteiger partial charge in [-0.15, -0.1) is 6.42 Å². The van der Waals surface area contributed by atoms with Crippen LogP contribution >= 0.6 is 0 Å². The van der Waals surface area contributed by atoms with Crippen molar-refractivity contribution >= 4 is 11.6 Å². The molecule has 0 unspecified atom stereocenters. The van der Waals surface area contributed by atoms with E-state index in [0.717, 1.165) is 17.7 Å². The van der Waals surface area contributed by atoms with E-state index in [2.05, 4.69) is 5.92 Å². The standard InChI is InChI=1S/C14H18N2O/c1-3-11-16(4-2)14(17)10-7-12-5-8-13(15)9-6-12/h1,5-6,8-9H,4,7,10-11,15H2,2H3. The Morgan fingerprint density at radius 1 is 1.41 bits per heavy atom. The zero-order valence-electron chi connectivity index (χ0n) is 10.1. The van der Waals surface area contributed by atoms with Gasteiger partial charge < -0.3 is 10.6 Å². The van der Waals surface area contributed by atoms with E-state index in [-0.39, 0.29) is 5.91 Å². The van der Waals surface area contributed by atoms with Crippen LogP contribution in [0.3, 0.4) is 0 Å². The predicted molar refractivity (Wildman–Crippen MR) is 70.3 cm³/mol. The van der Waals surface area contributed by atoms with Crippen molar-refractivity contribution < 1.29 is 4.79 Å². The Morgan fingerprint density at radius 3 is 2.59 bits per heavy atom. The molecule has 0 heterocycles. The van der Waals surface area contributed by atoms with Crippen LogP contribution in [0.5, 0.6) is 0 Å². The minimum Gasteiger partial charge on any atom is -0.399 e. The second kappa shape index (κ2) is 6.59. The van der Waals surface area contributed by atoms with Crippen molar-refractivity contribution in [1.29, 1.82) is 0 Å². The first-order valence-electron chi connectivity index (χ1n) is 5.73. The number of aryl methyl sites for hydroxylation is 1. The topological polar surface area (TPSA) is 46.3 Å². The van der Waals surface area contributed by atoms with Crippen LogP contribution in [0.1, 0.15) is 18.9 Å². The number of hydrogen-bond acceptors (Lipinski definition) is 2. The van der Waals surface area contributed by atoms with Gasteiger partial charge in [0.2, 0.25) is 5.91 Å². The predicted octanol–water partition coefficient (Wildman–Crippen LogP) is 1.68. The average molecular weight is 230 g/mol. The number of nitrogen functional groups attached to an aromatic ring is 1. The van der Waals surface area contributed by atoms with Crippen LogP contribution in [0, 0.1) is 12.3 Å². The molecule has 17 heavy (non-hydrogen) atoms. The molecule has 0 fully saturated rings. The van der Waals surface area contributed by atoms with Gasteiger partial charge in [0.1, 0.15) is 0 Å². The highest BCUT2D eigenvalue weighted by molar-refractivity contribution is 5.76. The third-order valence-corrected chi connectivity index (χ3v) is 2.62. The molecule has 0 spiro atoms. The number of benzene rings is 1. The highest BCUT2D eigenvalue weighted by atomic mass is 16.2. The van der Waals surface area contributed by atoms with Crippen molar-refractivity contribution in [2.75, 3.05) is 18.8 Å². The van der Waals surface area contributed by atoms with Gasteiger partial charge in [-0.1, -0.05) is 18.1 Å². The maximum Gasteiger partial charge on any atom is 0.223 e. The monoisotopic (exact) mass is 230 g/mol. The van der Waals surface area contributed by atoms with Gasteiger partial charge in [0.25, 0.3) is 0 Å². The number of terminal acetylenes is 1. The van der Waals surface area contributed by atoms with Gasteiger partial charge >= 0.3 is 0 Å². The number of amides is 1. The minimum absolute atomic E-state index is 0.0993. The molecule has 2 N–H and O–H groups in total. The van der Waals surface area contributed by atoms with Gasteiger partial charge in [0.15, 0.2) is 0 Å². The first-order valence-corrected chi connectivity index (χ1v) is 5.73. The first kappa shape index (κ1) is 13.1. The molecular formula is C14H18N2O. The summed E-state index contributed by atoms with van der Waals surface area (Å²) in [4.78, 5) is 13.5. The number of hydrogen-bond donors (Lipinski definition) is 1. The summed E-state index contributed by atoms with van der Waals surface area (Å²) in [5, 5.41) is 0. The lowest BCUT2D eigenvalue weighted by Crippen LogP contribution is -2.31. The van der Waals surface area contributed by atoms with Crippen molar-refractivity contribution in [2.45, 2.75) is 19.8 Å². The summed E-state index contributed by atoms with van der Waals surface area (Å²) in [6.45, 7) is 2.97. The van der Waals surface area contributed by atoms with Crippen molar-refractivity contribution in [3.05, 3.63) is 29.8 Å². The zero-order chi connectivity index (χ0) is 12.7. The molecule has 0 aliphatic heterocycles. The lowest BCUT2D eigenvalue weighted by Gasteiger charge is -2.17. The Kier molecular flexibility index (Phi) is 5.09. The normalized spacial score (nSPS) is 9.65. The van der Waals surface area contributed by atoms with Crippen LogP contribution in [-0.2, 0) is 11.2 Å². The van der Waals surface area contributed by atoms with Gasteiger partial charge in [0.05, 0.1) is 6.54 Å². The molecule has 0 saturated carbocycles. The van der Waals surface area contributed by atoms with Gasteiger partial charge in [-0.3, -0.25) is 4.79 Å². The smallest absolute Gasteiger partial charge is 0.223 e. The summed E-state index contributed by atoms with van der Waals surface area (Å²) in [5.41, 5.74) is 7.45. The summed E-state index contributed by atoms with van der Waals surface area (Å²) < 4.78 is 0. The van der Waals surface area contributed by atoms with Crippen molar-refractivity contribution in [3.8, 4) is 12.3 Å². The van der Waals surface area contributed by atoms with Crippen LogP contribution in [0.2, 0.25) is 0 Å².